The van der Waals surface area contributed by atoms with Crippen LogP contribution in [-0.4, -0.2) is 19.4 Å². The molecule has 1 aliphatic heterocycles. The van der Waals surface area contributed by atoms with Crippen LogP contribution < -0.4 is 20.1 Å². The van der Waals surface area contributed by atoms with Crippen molar-refractivity contribution >= 4 is 11.7 Å². The Bertz CT molecular complexity index is 737. The minimum absolute atomic E-state index is 0.203. The molecule has 2 aromatic rings. The van der Waals surface area contributed by atoms with E-state index >= 15 is 0 Å². The molecule has 0 atom stereocenters. The second kappa shape index (κ2) is 6.51. The number of urea groups is 1. The molecule has 1 aliphatic rings. The molecule has 2 N–H and O–H groups in total. The normalized spacial score (nSPS) is 12.1. The van der Waals surface area contributed by atoms with Crippen LogP contribution in [0.2, 0.25) is 0 Å². The molecule has 2 amide bonds. The fraction of sp³-hybridized carbons (Fsp3) is 0.188. The number of nitrogens with one attached hydrogen (secondary N) is 2. The van der Waals surface area contributed by atoms with Gasteiger partial charge in [-0.05, 0) is 36.2 Å². The average molecular weight is 320 g/mol. The number of carbonyl (C=O) groups excluding carboxylic acids is 1. The van der Waals surface area contributed by atoms with Crippen molar-refractivity contribution in [2.45, 2.75) is 6.42 Å². The molecule has 0 aliphatic carbocycles. The van der Waals surface area contributed by atoms with E-state index < -0.39 is 17.7 Å². The topological polar surface area (TPSA) is 59.6 Å². The minimum Gasteiger partial charge on any atom is -0.454 e. The van der Waals surface area contributed by atoms with Crippen LogP contribution in [0, 0.1) is 11.6 Å². The Morgan fingerprint density at radius 1 is 1.13 bits per heavy atom. The number of anilines is 1. The summed E-state index contributed by atoms with van der Waals surface area (Å²) in [6.45, 7) is 0.543. The third-order valence-corrected chi connectivity index (χ3v) is 3.34. The highest BCUT2D eigenvalue weighted by Gasteiger charge is 2.13. The molecule has 1 heterocycles. The van der Waals surface area contributed by atoms with E-state index in [1.165, 1.54) is 12.1 Å². The van der Waals surface area contributed by atoms with Crippen LogP contribution >= 0.6 is 0 Å². The second-order valence-electron chi connectivity index (χ2n) is 4.92. The lowest BCUT2D eigenvalue weighted by Gasteiger charge is -2.09. The molecular weight excluding hydrogens is 306 g/mol. The van der Waals surface area contributed by atoms with Gasteiger partial charge in [0.25, 0.3) is 0 Å². The minimum atomic E-state index is -1.08. The van der Waals surface area contributed by atoms with Crippen LogP contribution in [0.25, 0.3) is 0 Å². The summed E-state index contributed by atoms with van der Waals surface area (Å²) in [6, 6.07) is 8.51. The molecule has 0 spiro atoms. The number of rotatable bonds is 4. The van der Waals surface area contributed by atoms with Gasteiger partial charge in [0, 0.05) is 6.54 Å². The van der Waals surface area contributed by atoms with Crippen molar-refractivity contribution in [1.82, 2.24) is 5.32 Å². The van der Waals surface area contributed by atoms with E-state index in [0.717, 1.165) is 11.6 Å². The van der Waals surface area contributed by atoms with Gasteiger partial charge in [0.2, 0.25) is 6.79 Å². The number of ether oxygens (including phenoxy) is 2. The van der Waals surface area contributed by atoms with E-state index in [9.17, 15) is 13.6 Å². The summed E-state index contributed by atoms with van der Waals surface area (Å²) >= 11 is 0. The van der Waals surface area contributed by atoms with Gasteiger partial charge in [-0.15, -0.1) is 0 Å². The van der Waals surface area contributed by atoms with E-state index in [1.54, 1.807) is 6.07 Å². The molecule has 3 rings (SSSR count). The van der Waals surface area contributed by atoms with E-state index in [1.807, 2.05) is 12.1 Å². The summed E-state index contributed by atoms with van der Waals surface area (Å²) < 4.78 is 37.0. The number of fused-ring (bicyclic) bond motifs is 1. The Kier molecular flexibility index (Phi) is 4.27. The van der Waals surface area contributed by atoms with E-state index in [0.29, 0.717) is 24.5 Å². The number of hydrogen-bond donors (Lipinski definition) is 2. The standard InChI is InChI=1S/C16H14F2N2O3/c17-11-2-1-3-12(15(11)18)20-16(21)19-7-6-10-4-5-13-14(8-10)23-9-22-13/h1-5,8H,6-7,9H2,(H2,19,20,21). The van der Waals surface area contributed by atoms with Crippen molar-refractivity contribution in [1.29, 1.82) is 0 Å². The van der Waals surface area contributed by atoms with Crippen LogP contribution in [0.3, 0.4) is 0 Å². The fourth-order valence-electron chi connectivity index (χ4n) is 2.18. The van der Waals surface area contributed by atoms with Crippen LogP contribution in [0.15, 0.2) is 36.4 Å². The molecule has 5 nitrogen and oxygen atoms in total. The van der Waals surface area contributed by atoms with Crippen LogP contribution in [0.4, 0.5) is 19.3 Å². The second-order valence-corrected chi connectivity index (χ2v) is 4.92. The summed E-state index contributed by atoms with van der Waals surface area (Å²) in [5, 5.41) is 4.85. The van der Waals surface area contributed by atoms with Crippen molar-refractivity contribution in [3.05, 3.63) is 53.6 Å². The maximum Gasteiger partial charge on any atom is 0.319 e. The Hall–Kier alpha value is -2.83. The van der Waals surface area contributed by atoms with Crippen LogP contribution in [0.1, 0.15) is 5.56 Å². The molecule has 0 unspecified atom stereocenters. The average Bonchev–Trinajstić information content (AvgIpc) is 2.99. The maximum atomic E-state index is 13.4. The van der Waals surface area contributed by atoms with Gasteiger partial charge in [0.05, 0.1) is 5.69 Å². The summed E-state index contributed by atoms with van der Waals surface area (Å²) in [5.74, 6) is -0.726. The SMILES string of the molecule is O=C(NCCc1ccc2c(c1)OCO2)Nc1cccc(F)c1F. The highest BCUT2D eigenvalue weighted by atomic mass is 19.2. The third kappa shape index (κ3) is 3.50. The van der Waals surface area contributed by atoms with Gasteiger partial charge in [0.15, 0.2) is 23.1 Å². The third-order valence-electron chi connectivity index (χ3n) is 3.34. The Morgan fingerprint density at radius 2 is 1.96 bits per heavy atom. The maximum absolute atomic E-state index is 13.4. The summed E-state index contributed by atoms with van der Waals surface area (Å²) in [5.41, 5.74) is 0.761. The molecule has 0 saturated heterocycles. The van der Waals surface area contributed by atoms with Crippen molar-refractivity contribution in [3.8, 4) is 11.5 Å². The monoisotopic (exact) mass is 320 g/mol. The largest absolute Gasteiger partial charge is 0.454 e. The van der Waals surface area contributed by atoms with Crippen molar-refractivity contribution in [2.24, 2.45) is 0 Å². The van der Waals surface area contributed by atoms with Gasteiger partial charge in [-0.25, -0.2) is 13.6 Å². The first-order valence-corrected chi connectivity index (χ1v) is 7.01. The smallest absolute Gasteiger partial charge is 0.319 e. The Morgan fingerprint density at radius 3 is 2.83 bits per heavy atom. The number of halogens is 2. The Balaban J connectivity index is 1.50. The molecule has 2 aromatic carbocycles. The highest BCUT2D eigenvalue weighted by Crippen LogP contribution is 2.32. The van der Waals surface area contributed by atoms with Gasteiger partial charge in [-0.3, -0.25) is 0 Å². The van der Waals surface area contributed by atoms with Crippen molar-refractivity contribution < 1.29 is 23.0 Å². The van der Waals surface area contributed by atoms with E-state index in [4.69, 9.17) is 9.47 Å². The lowest BCUT2D eigenvalue weighted by molar-refractivity contribution is 0.174. The first kappa shape index (κ1) is 15.1. The lowest BCUT2D eigenvalue weighted by atomic mass is 10.1. The predicted octanol–water partition coefficient (Wildman–Crippen LogP) is 3.06. The molecule has 7 heteroatoms. The van der Waals surface area contributed by atoms with Crippen LogP contribution in [0.5, 0.6) is 11.5 Å². The van der Waals surface area contributed by atoms with Gasteiger partial charge in [-0.2, -0.15) is 0 Å². The quantitative estimate of drug-likeness (QED) is 0.910. The zero-order chi connectivity index (χ0) is 16.2. The van der Waals surface area contributed by atoms with E-state index in [-0.39, 0.29) is 12.5 Å². The molecule has 120 valence electrons. The molecule has 0 fully saturated rings. The molecule has 0 bridgehead atoms. The highest BCUT2D eigenvalue weighted by molar-refractivity contribution is 5.89. The van der Waals surface area contributed by atoms with Gasteiger partial charge >= 0.3 is 6.03 Å². The molecule has 0 aromatic heterocycles. The van der Waals surface area contributed by atoms with Crippen LogP contribution in [-0.2, 0) is 6.42 Å². The first-order chi connectivity index (χ1) is 11.1. The lowest BCUT2D eigenvalue weighted by Crippen LogP contribution is -2.30. The van der Waals surface area contributed by atoms with Gasteiger partial charge in [0.1, 0.15) is 0 Å². The van der Waals surface area contributed by atoms with E-state index in [2.05, 4.69) is 10.6 Å². The molecule has 0 saturated carbocycles. The van der Waals surface area contributed by atoms with Crippen molar-refractivity contribution in [2.75, 3.05) is 18.7 Å². The zero-order valence-electron chi connectivity index (χ0n) is 12.1. The molecule has 0 radical (unpaired) electrons. The summed E-state index contributed by atoms with van der Waals surface area (Å²) in [7, 11) is 0. The molecule has 23 heavy (non-hydrogen) atoms. The van der Waals surface area contributed by atoms with Gasteiger partial charge < -0.3 is 20.1 Å². The summed E-state index contributed by atoms with van der Waals surface area (Å²) in [4.78, 5) is 11.7. The molecular formula is C16H14F2N2O3. The Labute approximate surface area is 131 Å². The van der Waals surface area contributed by atoms with Crippen molar-refractivity contribution in [3.63, 3.8) is 0 Å². The fourth-order valence-corrected chi connectivity index (χ4v) is 2.18. The number of hydrogen-bond acceptors (Lipinski definition) is 3. The predicted molar refractivity (Wildman–Crippen MR) is 79.6 cm³/mol. The van der Waals surface area contributed by atoms with Gasteiger partial charge in [-0.1, -0.05) is 12.1 Å². The number of carbonyl (C=O) groups is 1. The zero-order valence-corrected chi connectivity index (χ0v) is 12.1. The summed E-state index contributed by atoms with van der Waals surface area (Å²) in [6.07, 6.45) is 0.565. The number of benzene rings is 2. The first-order valence-electron chi connectivity index (χ1n) is 7.01. The number of amides is 2.